The zero-order valence-electron chi connectivity index (χ0n) is 12.5. The molecule has 2 aromatic rings. The number of benzene rings is 1. The Balaban J connectivity index is 1.61. The molecule has 0 aliphatic carbocycles. The van der Waals surface area contributed by atoms with Crippen LogP contribution in [0, 0.1) is 6.92 Å². The monoisotopic (exact) mass is 284 g/mol. The number of aromatic nitrogens is 2. The van der Waals surface area contributed by atoms with Gasteiger partial charge in [0.2, 0.25) is 0 Å². The van der Waals surface area contributed by atoms with Crippen LogP contribution >= 0.6 is 0 Å². The Kier molecular flexibility index (Phi) is 4.04. The van der Waals surface area contributed by atoms with Crippen LogP contribution in [0.1, 0.15) is 30.4 Å². The molecule has 0 radical (unpaired) electrons. The number of hydrogen-bond donors (Lipinski definition) is 0. The predicted octanol–water partition coefficient (Wildman–Crippen LogP) is 3.12. The first-order valence-electron chi connectivity index (χ1n) is 7.46. The fraction of sp³-hybridized carbons (Fsp3) is 0.412. The van der Waals surface area contributed by atoms with Crippen molar-refractivity contribution >= 4 is 0 Å². The van der Waals surface area contributed by atoms with Gasteiger partial charge in [-0.1, -0.05) is 19.1 Å². The molecular formula is C17H20N2O2. The van der Waals surface area contributed by atoms with Gasteiger partial charge >= 0.3 is 0 Å². The van der Waals surface area contributed by atoms with Gasteiger partial charge in [-0.2, -0.15) is 0 Å². The molecule has 0 bridgehead atoms. The van der Waals surface area contributed by atoms with Crippen molar-refractivity contribution in [2.75, 3.05) is 6.61 Å². The van der Waals surface area contributed by atoms with Crippen LogP contribution in [-0.4, -0.2) is 22.7 Å². The van der Waals surface area contributed by atoms with Crippen molar-refractivity contribution in [3.8, 4) is 11.5 Å². The Hall–Kier alpha value is -2.10. The molecule has 1 atom stereocenters. The minimum absolute atomic E-state index is 0.0647. The normalized spacial score (nSPS) is 16.8. The van der Waals surface area contributed by atoms with Gasteiger partial charge in [0.05, 0.1) is 0 Å². The lowest BCUT2D eigenvalue weighted by molar-refractivity contribution is 0.0847. The number of aryl methyl sites for hydroxylation is 3. The van der Waals surface area contributed by atoms with Gasteiger partial charge < -0.3 is 9.47 Å². The minimum Gasteiger partial charge on any atom is -0.486 e. The zero-order chi connectivity index (χ0) is 14.7. The molecule has 2 heterocycles. The van der Waals surface area contributed by atoms with E-state index in [2.05, 4.69) is 23.8 Å². The molecule has 0 N–H and O–H groups in total. The standard InChI is InChI=1S/C17H20N2O2/c1-3-14-12(2)10-18-17(19-14)9-8-13-11-20-15-6-4-5-7-16(15)21-13/h4-7,10,13H,3,8-9,11H2,1-2H3/t13-/m0/s1. The lowest BCUT2D eigenvalue weighted by Crippen LogP contribution is -2.29. The fourth-order valence-corrected chi connectivity index (χ4v) is 2.49. The molecular weight excluding hydrogens is 264 g/mol. The molecule has 3 rings (SSSR count). The molecule has 0 spiro atoms. The summed E-state index contributed by atoms with van der Waals surface area (Å²) < 4.78 is 11.7. The second-order valence-corrected chi connectivity index (χ2v) is 5.31. The van der Waals surface area contributed by atoms with Crippen molar-refractivity contribution < 1.29 is 9.47 Å². The maximum absolute atomic E-state index is 5.95. The number of ether oxygens (including phenoxy) is 2. The van der Waals surface area contributed by atoms with Crippen LogP contribution in [0.15, 0.2) is 30.5 Å². The summed E-state index contributed by atoms with van der Waals surface area (Å²) in [7, 11) is 0. The molecule has 4 heteroatoms. The summed E-state index contributed by atoms with van der Waals surface area (Å²) in [6.07, 6.45) is 4.59. The molecule has 0 fully saturated rings. The van der Waals surface area contributed by atoms with Gasteiger partial charge in [0.15, 0.2) is 11.5 Å². The quantitative estimate of drug-likeness (QED) is 0.865. The first-order chi connectivity index (χ1) is 10.3. The lowest BCUT2D eigenvalue weighted by atomic mass is 10.1. The van der Waals surface area contributed by atoms with E-state index in [0.717, 1.165) is 47.8 Å². The van der Waals surface area contributed by atoms with E-state index in [1.807, 2.05) is 30.5 Å². The van der Waals surface area contributed by atoms with Gasteiger partial charge in [0, 0.05) is 18.3 Å². The SMILES string of the molecule is CCc1nc(CC[C@H]2COc3ccccc3O2)ncc1C. The first-order valence-corrected chi connectivity index (χ1v) is 7.46. The molecule has 1 aromatic carbocycles. The van der Waals surface area contributed by atoms with E-state index in [1.54, 1.807) is 0 Å². The number of nitrogens with zero attached hydrogens (tertiary/aromatic N) is 2. The highest BCUT2D eigenvalue weighted by molar-refractivity contribution is 5.40. The molecule has 0 unspecified atom stereocenters. The number of fused-ring (bicyclic) bond motifs is 1. The van der Waals surface area contributed by atoms with Crippen LogP contribution in [-0.2, 0) is 12.8 Å². The van der Waals surface area contributed by atoms with Gasteiger partial charge in [0.1, 0.15) is 18.5 Å². The van der Waals surface area contributed by atoms with Crippen molar-refractivity contribution in [1.29, 1.82) is 0 Å². The predicted molar refractivity (Wildman–Crippen MR) is 80.8 cm³/mol. The second-order valence-electron chi connectivity index (χ2n) is 5.31. The minimum atomic E-state index is 0.0647. The van der Waals surface area contributed by atoms with Crippen molar-refractivity contribution in [3.05, 3.63) is 47.5 Å². The number of rotatable bonds is 4. The van der Waals surface area contributed by atoms with Crippen LogP contribution in [0.5, 0.6) is 11.5 Å². The second kappa shape index (κ2) is 6.12. The average Bonchev–Trinajstić information content (AvgIpc) is 2.54. The zero-order valence-corrected chi connectivity index (χ0v) is 12.5. The van der Waals surface area contributed by atoms with Crippen molar-refractivity contribution in [3.63, 3.8) is 0 Å². The number of hydrogen-bond acceptors (Lipinski definition) is 4. The molecule has 1 aliphatic rings. The third-order valence-electron chi connectivity index (χ3n) is 3.72. The van der Waals surface area contributed by atoms with Crippen LogP contribution < -0.4 is 9.47 Å². The Bertz CT molecular complexity index is 628. The van der Waals surface area contributed by atoms with Crippen LogP contribution in [0.25, 0.3) is 0 Å². The molecule has 0 saturated heterocycles. The highest BCUT2D eigenvalue weighted by atomic mass is 16.6. The molecule has 1 aliphatic heterocycles. The maximum Gasteiger partial charge on any atom is 0.161 e. The Morgan fingerprint density at radius 1 is 1.24 bits per heavy atom. The third-order valence-corrected chi connectivity index (χ3v) is 3.72. The van der Waals surface area contributed by atoms with Crippen LogP contribution in [0.4, 0.5) is 0 Å². The van der Waals surface area contributed by atoms with E-state index < -0.39 is 0 Å². The Morgan fingerprint density at radius 2 is 2.05 bits per heavy atom. The highest BCUT2D eigenvalue weighted by Crippen LogP contribution is 2.31. The molecule has 110 valence electrons. The summed E-state index contributed by atoms with van der Waals surface area (Å²) >= 11 is 0. The molecule has 21 heavy (non-hydrogen) atoms. The van der Waals surface area contributed by atoms with Gasteiger partial charge in [0.25, 0.3) is 0 Å². The first kappa shape index (κ1) is 13.9. The van der Waals surface area contributed by atoms with E-state index in [4.69, 9.17) is 9.47 Å². The van der Waals surface area contributed by atoms with E-state index >= 15 is 0 Å². The van der Waals surface area contributed by atoms with E-state index in [-0.39, 0.29) is 6.10 Å². The van der Waals surface area contributed by atoms with Gasteiger partial charge in [-0.15, -0.1) is 0 Å². The molecule has 4 nitrogen and oxygen atoms in total. The van der Waals surface area contributed by atoms with Gasteiger partial charge in [-0.3, -0.25) is 0 Å². The van der Waals surface area contributed by atoms with Gasteiger partial charge in [-0.25, -0.2) is 9.97 Å². The lowest BCUT2D eigenvalue weighted by Gasteiger charge is -2.26. The van der Waals surface area contributed by atoms with Crippen LogP contribution in [0.3, 0.4) is 0 Å². The Labute approximate surface area is 125 Å². The largest absolute Gasteiger partial charge is 0.486 e. The van der Waals surface area contributed by atoms with Crippen molar-refractivity contribution in [2.24, 2.45) is 0 Å². The van der Waals surface area contributed by atoms with Gasteiger partial charge in [-0.05, 0) is 37.5 Å². The van der Waals surface area contributed by atoms with Crippen molar-refractivity contribution in [2.45, 2.75) is 39.2 Å². The maximum atomic E-state index is 5.95. The highest BCUT2D eigenvalue weighted by Gasteiger charge is 2.20. The topological polar surface area (TPSA) is 44.2 Å². The average molecular weight is 284 g/mol. The fourth-order valence-electron chi connectivity index (χ4n) is 2.49. The van der Waals surface area contributed by atoms with Crippen LogP contribution in [0.2, 0.25) is 0 Å². The summed E-state index contributed by atoms with van der Waals surface area (Å²) in [5.74, 6) is 2.54. The summed E-state index contributed by atoms with van der Waals surface area (Å²) in [5.41, 5.74) is 2.29. The molecule has 0 amide bonds. The summed E-state index contributed by atoms with van der Waals surface area (Å²) in [6.45, 7) is 4.76. The number of para-hydroxylation sites is 2. The summed E-state index contributed by atoms with van der Waals surface area (Å²) in [4.78, 5) is 9.02. The summed E-state index contributed by atoms with van der Waals surface area (Å²) in [5, 5.41) is 0. The van der Waals surface area contributed by atoms with Crippen molar-refractivity contribution in [1.82, 2.24) is 9.97 Å². The third kappa shape index (κ3) is 3.15. The van der Waals surface area contributed by atoms with E-state index in [0.29, 0.717) is 6.61 Å². The molecule has 1 aromatic heterocycles. The summed E-state index contributed by atoms with van der Waals surface area (Å²) in [6, 6.07) is 7.79. The smallest absolute Gasteiger partial charge is 0.161 e. The van der Waals surface area contributed by atoms with E-state index in [9.17, 15) is 0 Å². The Morgan fingerprint density at radius 3 is 2.86 bits per heavy atom. The molecule has 0 saturated carbocycles. The van der Waals surface area contributed by atoms with E-state index in [1.165, 1.54) is 0 Å².